The third-order valence-electron chi connectivity index (χ3n) is 5.44. The van der Waals surface area contributed by atoms with E-state index in [0.29, 0.717) is 18.0 Å². The number of aromatic nitrogens is 2. The highest BCUT2D eigenvalue weighted by Crippen LogP contribution is 2.19. The van der Waals surface area contributed by atoms with Gasteiger partial charge in [0.05, 0.1) is 24.9 Å². The van der Waals surface area contributed by atoms with Gasteiger partial charge in [-0.2, -0.15) is 0 Å². The number of hydrogen-bond donors (Lipinski definition) is 0. The van der Waals surface area contributed by atoms with E-state index in [9.17, 15) is 9.59 Å². The number of carbonyl (C=O) groups is 2. The number of ether oxygens (including phenoxy) is 2. The summed E-state index contributed by atoms with van der Waals surface area (Å²) >= 11 is 0. The first-order valence-corrected chi connectivity index (χ1v) is 12.5. The Labute approximate surface area is 203 Å². The Hall–Kier alpha value is -3.02. The van der Waals surface area contributed by atoms with Crippen LogP contribution in [0.15, 0.2) is 48.8 Å². The van der Waals surface area contributed by atoms with Crippen molar-refractivity contribution in [2.24, 2.45) is 0 Å². The summed E-state index contributed by atoms with van der Waals surface area (Å²) in [6.45, 7) is 5.93. The molecule has 0 aliphatic rings. The predicted octanol–water partition coefficient (Wildman–Crippen LogP) is 6.63. The Morgan fingerprint density at radius 2 is 1.68 bits per heavy atom. The average Bonchev–Trinajstić information content (AvgIpc) is 2.85. The molecule has 0 amide bonds. The SMILES string of the molecule is CCCCCC=CCC(=O)Oc1cnc(-c2ccc(CCCCC(C)OC(=O)CC)cc2)nc1. The summed E-state index contributed by atoms with van der Waals surface area (Å²) < 4.78 is 10.6. The second-order valence-corrected chi connectivity index (χ2v) is 8.48. The van der Waals surface area contributed by atoms with Crippen LogP contribution in [0.1, 0.15) is 84.1 Å². The first-order valence-electron chi connectivity index (χ1n) is 12.5. The molecule has 184 valence electrons. The Balaban J connectivity index is 1.74. The molecular formula is C28H38N2O4. The number of allylic oxidation sites excluding steroid dienone is 1. The van der Waals surface area contributed by atoms with Gasteiger partial charge in [-0.1, -0.05) is 63.1 Å². The summed E-state index contributed by atoms with van der Waals surface area (Å²) in [4.78, 5) is 31.9. The minimum absolute atomic E-state index is 0.0266. The first-order chi connectivity index (χ1) is 16.5. The molecule has 34 heavy (non-hydrogen) atoms. The summed E-state index contributed by atoms with van der Waals surface area (Å²) in [5, 5.41) is 0. The Morgan fingerprint density at radius 3 is 2.35 bits per heavy atom. The molecule has 0 aliphatic carbocycles. The van der Waals surface area contributed by atoms with Crippen LogP contribution in [0.4, 0.5) is 0 Å². The monoisotopic (exact) mass is 466 g/mol. The number of esters is 2. The predicted molar refractivity (Wildman–Crippen MR) is 134 cm³/mol. The molecule has 1 aromatic carbocycles. The minimum Gasteiger partial charge on any atom is -0.463 e. The standard InChI is InChI=1S/C28H38N2O4/c1-4-6-7-8-9-10-15-27(32)34-25-20-29-28(30-21-25)24-18-16-23(17-19-24)14-12-11-13-22(3)33-26(31)5-2/h9-10,16-22H,4-8,11-15H2,1-3H3. The number of nitrogens with zero attached hydrogens (tertiary/aromatic N) is 2. The molecule has 1 aromatic heterocycles. The van der Waals surface area contributed by atoms with Gasteiger partial charge < -0.3 is 9.47 Å². The molecule has 1 heterocycles. The lowest BCUT2D eigenvalue weighted by Crippen LogP contribution is -2.13. The highest BCUT2D eigenvalue weighted by molar-refractivity contribution is 5.73. The van der Waals surface area contributed by atoms with Crippen LogP contribution in [0.3, 0.4) is 0 Å². The zero-order valence-electron chi connectivity index (χ0n) is 20.8. The second kappa shape index (κ2) is 15.8. The van der Waals surface area contributed by atoms with Crippen molar-refractivity contribution in [3.8, 4) is 17.1 Å². The summed E-state index contributed by atoms with van der Waals surface area (Å²) in [7, 11) is 0. The van der Waals surface area contributed by atoms with Crippen LogP contribution in [-0.2, 0) is 20.7 Å². The van der Waals surface area contributed by atoms with Crippen molar-refractivity contribution in [2.75, 3.05) is 0 Å². The molecule has 0 fully saturated rings. The van der Waals surface area contributed by atoms with Crippen molar-refractivity contribution < 1.29 is 19.1 Å². The van der Waals surface area contributed by atoms with Crippen LogP contribution in [0.2, 0.25) is 0 Å². The summed E-state index contributed by atoms with van der Waals surface area (Å²) in [5.41, 5.74) is 2.16. The van der Waals surface area contributed by atoms with Gasteiger partial charge in [-0.05, 0) is 51.0 Å². The Bertz CT molecular complexity index is 892. The Morgan fingerprint density at radius 1 is 0.941 bits per heavy atom. The maximum absolute atomic E-state index is 11.9. The maximum Gasteiger partial charge on any atom is 0.315 e. The smallest absolute Gasteiger partial charge is 0.315 e. The van der Waals surface area contributed by atoms with Crippen molar-refractivity contribution in [3.63, 3.8) is 0 Å². The molecular weight excluding hydrogens is 428 g/mol. The van der Waals surface area contributed by atoms with Gasteiger partial charge >= 0.3 is 11.9 Å². The topological polar surface area (TPSA) is 78.4 Å². The maximum atomic E-state index is 11.9. The molecule has 0 saturated heterocycles. The third-order valence-corrected chi connectivity index (χ3v) is 5.44. The zero-order chi connectivity index (χ0) is 24.6. The number of unbranched alkanes of at least 4 members (excludes halogenated alkanes) is 4. The van der Waals surface area contributed by atoms with Crippen LogP contribution in [0.5, 0.6) is 5.75 Å². The van der Waals surface area contributed by atoms with E-state index in [1.54, 1.807) is 0 Å². The van der Waals surface area contributed by atoms with Crippen molar-refractivity contribution in [3.05, 3.63) is 54.4 Å². The molecule has 6 heteroatoms. The largest absolute Gasteiger partial charge is 0.463 e. The van der Waals surface area contributed by atoms with E-state index in [1.165, 1.54) is 30.8 Å². The molecule has 2 rings (SSSR count). The molecule has 0 N–H and O–H groups in total. The summed E-state index contributed by atoms with van der Waals surface area (Å²) in [5.74, 6) is 0.490. The van der Waals surface area contributed by atoms with Crippen LogP contribution in [0.25, 0.3) is 11.4 Å². The molecule has 2 aromatic rings. The molecule has 1 unspecified atom stereocenters. The highest BCUT2D eigenvalue weighted by atomic mass is 16.5. The molecule has 0 spiro atoms. The van der Waals surface area contributed by atoms with Crippen molar-refractivity contribution in [2.45, 2.75) is 91.1 Å². The number of carbonyl (C=O) groups excluding carboxylic acids is 2. The van der Waals surface area contributed by atoms with E-state index in [-0.39, 0.29) is 24.5 Å². The van der Waals surface area contributed by atoms with Gasteiger partial charge in [0, 0.05) is 12.0 Å². The summed E-state index contributed by atoms with van der Waals surface area (Å²) in [6.07, 6.45) is 16.0. The normalized spacial score (nSPS) is 12.0. The molecule has 0 aliphatic heterocycles. The van der Waals surface area contributed by atoms with Crippen molar-refractivity contribution in [1.29, 1.82) is 0 Å². The fourth-order valence-corrected chi connectivity index (χ4v) is 3.45. The highest BCUT2D eigenvalue weighted by Gasteiger charge is 2.08. The van der Waals surface area contributed by atoms with Crippen LogP contribution in [-0.4, -0.2) is 28.0 Å². The number of hydrogen-bond acceptors (Lipinski definition) is 6. The molecule has 0 bridgehead atoms. The molecule has 0 saturated carbocycles. The average molecular weight is 467 g/mol. The van der Waals surface area contributed by atoms with Gasteiger partial charge in [0.15, 0.2) is 11.6 Å². The van der Waals surface area contributed by atoms with E-state index in [1.807, 2.05) is 38.1 Å². The van der Waals surface area contributed by atoms with E-state index in [4.69, 9.17) is 9.47 Å². The van der Waals surface area contributed by atoms with E-state index < -0.39 is 0 Å². The van der Waals surface area contributed by atoms with Gasteiger partial charge in [0.2, 0.25) is 0 Å². The number of aryl methyl sites for hydroxylation is 1. The lowest BCUT2D eigenvalue weighted by molar-refractivity contribution is -0.148. The number of benzene rings is 1. The zero-order valence-corrected chi connectivity index (χ0v) is 20.8. The van der Waals surface area contributed by atoms with Crippen molar-refractivity contribution in [1.82, 2.24) is 9.97 Å². The molecule has 1 atom stereocenters. The van der Waals surface area contributed by atoms with Crippen molar-refractivity contribution >= 4 is 11.9 Å². The van der Waals surface area contributed by atoms with E-state index in [0.717, 1.165) is 44.1 Å². The molecule has 6 nitrogen and oxygen atoms in total. The third kappa shape index (κ3) is 10.7. The van der Waals surface area contributed by atoms with Crippen LogP contribution >= 0.6 is 0 Å². The summed E-state index contributed by atoms with van der Waals surface area (Å²) in [6, 6.07) is 8.18. The Kier molecular flexibility index (Phi) is 12.6. The van der Waals surface area contributed by atoms with Gasteiger partial charge in [0.25, 0.3) is 0 Å². The molecule has 0 radical (unpaired) electrons. The van der Waals surface area contributed by atoms with Crippen LogP contribution in [0, 0.1) is 0 Å². The van der Waals surface area contributed by atoms with Gasteiger partial charge in [-0.3, -0.25) is 9.59 Å². The second-order valence-electron chi connectivity index (χ2n) is 8.48. The number of rotatable bonds is 15. The van der Waals surface area contributed by atoms with Gasteiger partial charge in [-0.25, -0.2) is 9.97 Å². The van der Waals surface area contributed by atoms with E-state index in [2.05, 4.69) is 29.0 Å². The fourth-order valence-electron chi connectivity index (χ4n) is 3.45. The first kappa shape index (κ1) is 27.2. The van der Waals surface area contributed by atoms with Crippen LogP contribution < -0.4 is 4.74 Å². The fraction of sp³-hybridized carbons (Fsp3) is 0.500. The quantitative estimate of drug-likeness (QED) is 0.166. The van der Waals surface area contributed by atoms with E-state index >= 15 is 0 Å². The van der Waals surface area contributed by atoms with Gasteiger partial charge in [-0.15, -0.1) is 0 Å². The lowest BCUT2D eigenvalue weighted by atomic mass is 10.0. The van der Waals surface area contributed by atoms with Gasteiger partial charge in [0.1, 0.15) is 0 Å². The minimum atomic E-state index is -0.314. The lowest BCUT2D eigenvalue weighted by Gasteiger charge is -2.12.